The van der Waals surface area contributed by atoms with E-state index in [0.29, 0.717) is 0 Å². The van der Waals surface area contributed by atoms with Gasteiger partial charge in [0.15, 0.2) is 0 Å². The normalized spacial score (nSPS) is 5.90. The average molecular weight is 213 g/mol. The molecular weight excluding hydrogens is 210 g/mol. The summed E-state index contributed by atoms with van der Waals surface area (Å²) in [4.78, 5) is 21.6. The number of hydrogen-bond acceptors (Lipinski definition) is 1. The van der Waals surface area contributed by atoms with E-state index in [2.05, 4.69) is 0 Å². The van der Waals surface area contributed by atoms with Crippen LogP contribution in [-0.4, -0.2) is 14.7 Å². The van der Waals surface area contributed by atoms with Crippen LogP contribution in [0.25, 0.3) is 0 Å². The smallest absolute Gasteiger partial charge is 0.303 e. The van der Waals surface area contributed by atoms with Gasteiger partial charge in [-0.05, 0) is 0 Å². The van der Waals surface area contributed by atoms with Gasteiger partial charge in [0.25, 0.3) is 0 Å². The molecule has 0 saturated heterocycles. The van der Waals surface area contributed by atoms with E-state index in [0.717, 1.165) is 0 Å². The van der Waals surface area contributed by atoms with E-state index in [9.17, 15) is 0 Å². The number of rotatable bonds is 0. The second-order valence-electron chi connectivity index (χ2n) is 0.513. The maximum Gasteiger partial charge on any atom is 1.00 e. The van der Waals surface area contributed by atoms with Crippen LogP contribution in [0, 0.1) is 0 Å². The molecule has 0 radical (unpaired) electrons. The van der Waals surface area contributed by atoms with Gasteiger partial charge < -0.3 is 14.7 Å². The molecular formula is H3Na5O4P+5. The molecule has 0 aromatic carbocycles. The van der Waals surface area contributed by atoms with Crippen molar-refractivity contribution in [2.75, 3.05) is 0 Å². The second-order valence-corrected chi connectivity index (χ2v) is 1.54. The monoisotopic (exact) mass is 213 g/mol. The van der Waals surface area contributed by atoms with E-state index in [4.69, 9.17) is 19.2 Å². The van der Waals surface area contributed by atoms with Gasteiger partial charge in [-0.3, -0.25) is 0 Å². The summed E-state index contributed by atoms with van der Waals surface area (Å²) in [5.74, 6) is 0. The topological polar surface area (TPSA) is 77.8 Å². The number of hydrogen-bond donors (Lipinski definition) is 3. The summed E-state index contributed by atoms with van der Waals surface area (Å²) in [5.41, 5.74) is 0. The van der Waals surface area contributed by atoms with Gasteiger partial charge in [-0.1, -0.05) is 0 Å². The van der Waals surface area contributed by atoms with Gasteiger partial charge in [0, 0.05) is 0 Å². The van der Waals surface area contributed by atoms with Crippen LogP contribution in [0.2, 0.25) is 0 Å². The van der Waals surface area contributed by atoms with Crippen molar-refractivity contribution >= 4 is 7.82 Å². The third kappa shape index (κ3) is 73.6. The van der Waals surface area contributed by atoms with Gasteiger partial charge in [-0.25, -0.2) is 4.57 Å². The molecule has 10 heavy (non-hydrogen) atoms. The van der Waals surface area contributed by atoms with E-state index in [1.165, 1.54) is 0 Å². The van der Waals surface area contributed by atoms with E-state index in [1.807, 2.05) is 0 Å². The van der Waals surface area contributed by atoms with E-state index in [-0.39, 0.29) is 148 Å². The van der Waals surface area contributed by atoms with Crippen molar-refractivity contribution in [3.8, 4) is 0 Å². The van der Waals surface area contributed by atoms with Crippen LogP contribution in [0.15, 0.2) is 0 Å². The zero-order valence-electron chi connectivity index (χ0n) is 7.20. The molecule has 0 aromatic rings. The van der Waals surface area contributed by atoms with Crippen molar-refractivity contribution in [2.24, 2.45) is 0 Å². The summed E-state index contributed by atoms with van der Waals surface area (Å²) >= 11 is 0. The summed E-state index contributed by atoms with van der Waals surface area (Å²) in [6.45, 7) is 0. The first kappa shape index (κ1) is 36.2. The molecule has 10 heteroatoms. The average Bonchev–Trinajstić information content (AvgIpc) is 0.722. The largest absolute Gasteiger partial charge is 1.00 e. The van der Waals surface area contributed by atoms with Crippen molar-refractivity contribution < 1.29 is 167 Å². The van der Waals surface area contributed by atoms with Crippen molar-refractivity contribution in [1.82, 2.24) is 0 Å². The number of phosphoric acid groups is 1. The summed E-state index contributed by atoms with van der Waals surface area (Å²) in [7, 11) is -4.64. The van der Waals surface area contributed by atoms with E-state index in [1.54, 1.807) is 0 Å². The Bertz CT molecular complexity index is 59.8. The maximum atomic E-state index is 8.88. The summed E-state index contributed by atoms with van der Waals surface area (Å²) < 4.78 is 8.88. The van der Waals surface area contributed by atoms with Crippen molar-refractivity contribution in [3.63, 3.8) is 0 Å². The van der Waals surface area contributed by atoms with E-state index >= 15 is 0 Å². The SMILES string of the molecule is O=P(O)(O)O.[Na+].[Na+].[Na+].[Na+].[Na+]. The molecule has 0 spiro atoms. The van der Waals surface area contributed by atoms with Crippen LogP contribution in [0.3, 0.4) is 0 Å². The first-order valence-electron chi connectivity index (χ1n) is 0.783. The van der Waals surface area contributed by atoms with Crippen molar-refractivity contribution in [1.29, 1.82) is 0 Å². The summed E-state index contributed by atoms with van der Waals surface area (Å²) in [6, 6.07) is 0. The van der Waals surface area contributed by atoms with Crippen molar-refractivity contribution in [2.45, 2.75) is 0 Å². The van der Waals surface area contributed by atoms with Gasteiger partial charge in [-0.2, -0.15) is 0 Å². The van der Waals surface area contributed by atoms with Gasteiger partial charge >= 0.3 is 156 Å². The molecule has 32 valence electrons. The minimum absolute atomic E-state index is 0. The Morgan fingerprint density at radius 3 is 0.700 bits per heavy atom. The van der Waals surface area contributed by atoms with Crippen LogP contribution in [-0.2, 0) is 4.57 Å². The first-order chi connectivity index (χ1) is 2.00. The third-order valence-corrected chi connectivity index (χ3v) is 0. The summed E-state index contributed by atoms with van der Waals surface area (Å²) in [5, 5.41) is 0. The summed E-state index contributed by atoms with van der Waals surface area (Å²) in [6.07, 6.45) is 0. The predicted octanol–water partition coefficient (Wildman–Crippen LogP) is -15.9. The molecule has 0 aliphatic carbocycles. The molecule has 0 aliphatic heterocycles. The molecule has 0 aromatic heterocycles. The molecule has 0 unspecified atom stereocenters. The Hall–Kier alpha value is 5.11. The Balaban J connectivity index is -0.00000000800. The Kier molecular flexibility index (Phi) is 71.2. The van der Waals surface area contributed by atoms with Gasteiger partial charge in [0.05, 0.1) is 0 Å². The van der Waals surface area contributed by atoms with Gasteiger partial charge in [-0.15, -0.1) is 0 Å². The zero-order chi connectivity index (χ0) is 4.50. The molecule has 3 N–H and O–H groups in total. The van der Waals surface area contributed by atoms with Gasteiger partial charge in [0.1, 0.15) is 0 Å². The molecule has 0 bridgehead atoms. The quantitative estimate of drug-likeness (QED) is 0.276. The van der Waals surface area contributed by atoms with Crippen molar-refractivity contribution in [3.05, 3.63) is 0 Å². The molecule has 0 atom stereocenters. The molecule has 0 rings (SSSR count). The fraction of sp³-hybridized carbons (Fsp3) is 0. The first-order valence-corrected chi connectivity index (χ1v) is 2.35. The van der Waals surface area contributed by atoms with Crippen LogP contribution in [0.1, 0.15) is 0 Å². The standard InChI is InChI=1S/5Na.H3O4P/c;;;;;1-5(2,3)4/h;;;;;(H3,1,2,3,4)/q5*+1;. The third-order valence-electron chi connectivity index (χ3n) is 0. The fourth-order valence-electron chi connectivity index (χ4n) is 0. The molecule has 0 amide bonds. The fourth-order valence-corrected chi connectivity index (χ4v) is 0. The maximum absolute atomic E-state index is 8.88. The van der Waals surface area contributed by atoms with Gasteiger partial charge in [0.2, 0.25) is 0 Å². The van der Waals surface area contributed by atoms with Crippen LogP contribution in [0.4, 0.5) is 0 Å². The predicted molar refractivity (Wildman–Crippen MR) is 14.3 cm³/mol. The van der Waals surface area contributed by atoms with Crippen LogP contribution < -0.4 is 148 Å². The minimum atomic E-state index is -4.64. The Morgan fingerprint density at radius 2 is 0.700 bits per heavy atom. The zero-order valence-corrected chi connectivity index (χ0v) is 18.1. The molecule has 4 nitrogen and oxygen atoms in total. The van der Waals surface area contributed by atoms with Crippen LogP contribution >= 0.6 is 7.82 Å². The Labute approximate surface area is 170 Å². The molecule has 0 saturated carbocycles. The van der Waals surface area contributed by atoms with E-state index < -0.39 is 7.82 Å². The Morgan fingerprint density at radius 1 is 0.700 bits per heavy atom. The molecule has 0 heterocycles. The minimum Gasteiger partial charge on any atom is -0.303 e. The van der Waals surface area contributed by atoms with Crippen LogP contribution in [0.5, 0.6) is 0 Å². The molecule has 0 aliphatic rings. The second kappa shape index (κ2) is 19.6. The molecule has 0 fully saturated rings.